The first-order valence-electron chi connectivity index (χ1n) is 6.14. The highest BCUT2D eigenvalue weighted by Gasteiger charge is 2.07. The van der Waals surface area contributed by atoms with E-state index in [1.54, 1.807) is 24.3 Å². The Morgan fingerprint density at radius 1 is 1.14 bits per heavy atom. The molecule has 108 valence electrons. The number of carbonyl (C=O) groups excluding carboxylic acids is 1. The predicted octanol–water partition coefficient (Wildman–Crippen LogP) is 3.91. The molecule has 0 aliphatic heterocycles. The van der Waals surface area contributed by atoms with E-state index in [0.29, 0.717) is 17.1 Å². The van der Waals surface area contributed by atoms with E-state index in [4.69, 9.17) is 23.8 Å². The van der Waals surface area contributed by atoms with Gasteiger partial charge in [-0.25, -0.2) is 0 Å². The number of benzene rings is 2. The minimum absolute atomic E-state index is 0.251. The molecule has 2 rings (SSSR count). The second-order valence-corrected chi connectivity index (χ2v) is 5.97. The van der Waals surface area contributed by atoms with E-state index < -0.39 is 0 Å². The third kappa shape index (κ3) is 4.81. The zero-order chi connectivity index (χ0) is 15.2. The fourth-order valence-electron chi connectivity index (χ4n) is 1.64. The zero-order valence-corrected chi connectivity index (χ0v) is 14.1. The van der Waals surface area contributed by atoms with E-state index >= 15 is 0 Å². The van der Waals surface area contributed by atoms with Gasteiger partial charge in [-0.2, -0.15) is 0 Å². The number of nitrogens with one attached hydrogen (secondary N) is 2. The number of carbonyl (C=O) groups is 1. The van der Waals surface area contributed by atoms with Crippen molar-refractivity contribution in [3.63, 3.8) is 0 Å². The molecule has 21 heavy (non-hydrogen) atoms. The van der Waals surface area contributed by atoms with Crippen LogP contribution in [0.2, 0.25) is 5.02 Å². The lowest BCUT2D eigenvalue weighted by molar-refractivity contribution is 0.0976. The molecule has 3 nitrogen and oxygen atoms in total. The first-order valence-corrected chi connectivity index (χ1v) is 7.72. The highest BCUT2D eigenvalue weighted by Crippen LogP contribution is 2.14. The standard InChI is InChI=1S/C15H12BrClN2OS/c16-12-7-5-10(6-8-12)14(20)19-15(21)18-9-11-3-1-2-4-13(11)17/h1-8H,9H2,(H2,18,19,20,21). The molecule has 0 heterocycles. The van der Waals surface area contributed by atoms with Crippen LogP contribution in [0.4, 0.5) is 0 Å². The van der Waals surface area contributed by atoms with Gasteiger partial charge in [0.2, 0.25) is 0 Å². The summed E-state index contributed by atoms with van der Waals surface area (Å²) in [6, 6.07) is 14.5. The highest BCUT2D eigenvalue weighted by molar-refractivity contribution is 9.10. The van der Waals surface area contributed by atoms with Crippen LogP contribution in [0, 0.1) is 0 Å². The molecular weight excluding hydrogens is 372 g/mol. The molecule has 0 aromatic heterocycles. The molecule has 2 aromatic carbocycles. The van der Waals surface area contributed by atoms with Gasteiger partial charge >= 0.3 is 0 Å². The summed E-state index contributed by atoms with van der Waals surface area (Å²) in [7, 11) is 0. The van der Waals surface area contributed by atoms with Gasteiger partial charge in [0, 0.05) is 21.6 Å². The summed E-state index contributed by atoms with van der Waals surface area (Å²) in [5.74, 6) is -0.251. The topological polar surface area (TPSA) is 41.1 Å². The van der Waals surface area contributed by atoms with Crippen LogP contribution < -0.4 is 10.6 Å². The number of halogens is 2. The number of rotatable bonds is 3. The average Bonchev–Trinajstić information content (AvgIpc) is 2.47. The van der Waals surface area contributed by atoms with Crippen LogP contribution in [0.5, 0.6) is 0 Å². The monoisotopic (exact) mass is 382 g/mol. The van der Waals surface area contributed by atoms with E-state index in [2.05, 4.69) is 26.6 Å². The van der Waals surface area contributed by atoms with Gasteiger partial charge in [0.1, 0.15) is 0 Å². The molecule has 0 unspecified atom stereocenters. The fourth-order valence-corrected chi connectivity index (χ4v) is 2.27. The van der Waals surface area contributed by atoms with E-state index in [9.17, 15) is 4.79 Å². The Morgan fingerprint density at radius 3 is 2.48 bits per heavy atom. The molecule has 0 saturated carbocycles. The van der Waals surface area contributed by atoms with Crippen molar-refractivity contribution in [1.29, 1.82) is 0 Å². The summed E-state index contributed by atoms with van der Waals surface area (Å²) in [4.78, 5) is 12.0. The quantitative estimate of drug-likeness (QED) is 0.790. The Bertz CT molecular complexity index is 661. The highest BCUT2D eigenvalue weighted by atomic mass is 79.9. The molecule has 0 fully saturated rings. The lowest BCUT2D eigenvalue weighted by Gasteiger charge is -2.10. The van der Waals surface area contributed by atoms with Crippen molar-refractivity contribution in [1.82, 2.24) is 10.6 Å². The van der Waals surface area contributed by atoms with Gasteiger partial charge in [-0.1, -0.05) is 45.7 Å². The van der Waals surface area contributed by atoms with Gasteiger partial charge in [0.05, 0.1) is 0 Å². The van der Waals surface area contributed by atoms with E-state index in [1.165, 1.54) is 0 Å². The molecule has 2 N–H and O–H groups in total. The number of amides is 1. The minimum atomic E-state index is -0.251. The van der Waals surface area contributed by atoms with Crippen molar-refractivity contribution in [3.8, 4) is 0 Å². The average molecular weight is 384 g/mol. The maximum atomic E-state index is 12.0. The molecule has 0 saturated heterocycles. The third-order valence-electron chi connectivity index (χ3n) is 2.73. The molecule has 0 aliphatic rings. The molecule has 2 aromatic rings. The Balaban J connectivity index is 1.88. The van der Waals surface area contributed by atoms with Gasteiger partial charge in [-0.05, 0) is 48.1 Å². The summed E-state index contributed by atoms with van der Waals surface area (Å²) < 4.78 is 0.915. The lowest BCUT2D eigenvalue weighted by Crippen LogP contribution is -2.38. The maximum absolute atomic E-state index is 12.0. The Morgan fingerprint density at radius 2 is 1.81 bits per heavy atom. The molecule has 1 amide bonds. The van der Waals surface area contributed by atoms with E-state index in [-0.39, 0.29) is 11.0 Å². The van der Waals surface area contributed by atoms with Crippen molar-refractivity contribution in [2.75, 3.05) is 0 Å². The first kappa shape index (κ1) is 15.9. The van der Waals surface area contributed by atoms with Crippen LogP contribution in [0.1, 0.15) is 15.9 Å². The summed E-state index contributed by atoms with van der Waals surface area (Å²) in [5.41, 5.74) is 1.46. The van der Waals surface area contributed by atoms with E-state index in [0.717, 1.165) is 10.0 Å². The number of hydrogen-bond donors (Lipinski definition) is 2. The largest absolute Gasteiger partial charge is 0.358 e. The number of hydrogen-bond acceptors (Lipinski definition) is 2. The number of thiocarbonyl (C=S) groups is 1. The van der Waals surface area contributed by atoms with Crippen LogP contribution in [0.25, 0.3) is 0 Å². The summed E-state index contributed by atoms with van der Waals surface area (Å²) in [6.45, 7) is 0.457. The molecule has 0 aliphatic carbocycles. The minimum Gasteiger partial charge on any atom is -0.358 e. The normalized spacial score (nSPS) is 10.0. The van der Waals surface area contributed by atoms with E-state index in [1.807, 2.05) is 24.3 Å². The van der Waals surface area contributed by atoms with Crippen LogP contribution in [-0.2, 0) is 6.54 Å². The summed E-state index contributed by atoms with van der Waals surface area (Å²) in [6.07, 6.45) is 0. The third-order valence-corrected chi connectivity index (χ3v) is 3.87. The predicted molar refractivity (Wildman–Crippen MR) is 92.5 cm³/mol. The Labute approximate surface area is 141 Å². The Kier molecular flexibility index (Phi) is 5.73. The van der Waals surface area contributed by atoms with Crippen LogP contribution >= 0.6 is 39.7 Å². The van der Waals surface area contributed by atoms with Crippen molar-refractivity contribution in [2.45, 2.75) is 6.54 Å². The Hall–Kier alpha value is -1.43. The maximum Gasteiger partial charge on any atom is 0.257 e. The molecule has 0 spiro atoms. The van der Waals surface area contributed by atoms with Crippen molar-refractivity contribution < 1.29 is 4.79 Å². The van der Waals surface area contributed by atoms with Crippen molar-refractivity contribution in [3.05, 3.63) is 69.2 Å². The summed E-state index contributed by atoms with van der Waals surface area (Å²) >= 11 is 14.5. The van der Waals surface area contributed by atoms with Crippen LogP contribution in [0.15, 0.2) is 53.0 Å². The summed E-state index contributed by atoms with van der Waals surface area (Å²) in [5, 5.41) is 6.51. The second kappa shape index (κ2) is 7.54. The first-order chi connectivity index (χ1) is 10.1. The molecular formula is C15H12BrClN2OS. The van der Waals surface area contributed by atoms with Gasteiger partial charge in [0.15, 0.2) is 5.11 Å². The smallest absolute Gasteiger partial charge is 0.257 e. The van der Waals surface area contributed by atoms with Gasteiger partial charge in [-0.15, -0.1) is 0 Å². The fraction of sp³-hybridized carbons (Fsp3) is 0.0667. The van der Waals surface area contributed by atoms with Crippen molar-refractivity contribution in [2.24, 2.45) is 0 Å². The van der Waals surface area contributed by atoms with Crippen LogP contribution in [-0.4, -0.2) is 11.0 Å². The van der Waals surface area contributed by atoms with Crippen molar-refractivity contribution >= 4 is 50.8 Å². The van der Waals surface area contributed by atoms with Gasteiger partial charge < -0.3 is 5.32 Å². The van der Waals surface area contributed by atoms with Gasteiger partial charge in [-0.3, -0.25) is 10.1 Å². The molecule has 0 bridgehead atoms. The lowest BCUT2D eigenvalue weighted by atomic mass is 10.2. The molecule has 0 atom stereocenters. The SMILES string of the molecule is O=C(NC(=S)NCc1ccccc1Cl)c1ccc(Br)cc1. The molecule has 0 radical (unpaired) electrons. The molecule has 6 heteroatoms. The van der Waals surface area contributed by atoms with Gasteiger partial charge in [0.25, 0.3) is 5.91 Å². The second-order valence-electron chi connectivity index (χ2n) is 4.24. The van der Waals surface area contributed by atoms with Crippen LogP contribution in [0.3, 0.4) is 0 Å². The zero-order valence-electron chi connectivity index (χ0n) is 10.9.